The lowest BCUT2D eigenvalue weighted by molar-refractivity contribution is 0.292. The molecule has 0 aromatic heterocycles. The molecular formula is C13H22O4Si2. The molecule has 0 amide bonds. The zero-order valence-electron chi connectivity index (χ0n) is 11.9. The van der Waals surface area contributed by atoms with Gasteiger partial charge in [-0.1, -0.05) is 37.3 Å². The Kier molecular flexibility index (Phi) is 9.67. The van der Waals surface area contributed by atoms with Crippen LogP contribution in [0.25, 0.3) is 0 Å². The summed E-state index contributed by atoms with van der Waals surface area (Å²) in [6.45, 7) is 7.18. The summed E-state index contributed by atoms with van der Waals surface area (Å²) in [5.41, 5.74) is 1.11. The Labute approximate surface area is 119 Å². The van der Waals surface area contributed by atoms with Gasteiger partial charge in [-0.3, -0.25) is 0 Å². The van der Waals surface area contributed by atoms with E-state index in [4.69, 9.17) is 18.4 Å². The van der Waals surface area contributed by atoms with Crippen LogP contribution in [-0.4, -0.2) is 42.4 Å². The van der Waals surface area contributed by atoms with Gasteiger partial charge in [-0.2, -0.15) is 0 Å². The van der Waals surface area contributed by atoms with Crippen LogP contribution in [0.1, 0.15) is 12.5 Å². The maximum Gasteiger partial charge on any atom is 0.423 e. The molecule has 0 saturated heterocycles. The number of rotatable bonds is 5. The van der Waals surface area contributed by atoms with Crippen molar-refractivity contribution >= 4 is 23.8 Å². The molecule has 1 unspecified atom stereocenters. The minimum atomic E-state index is -2.08. The van der Waals surface area contributed by atoms with E-state index < -0.39 is 18.6 Å². The average Bonchev–Trinajstić information content (AvgIpc) is 2.42. The van der Waals surface area contributed by atoms with Gasteiger partial charge in [0.25, 0.3) is 0 Å². The molecule has 0 bridgehead atoms. The third-order valence-electron chi connectivity index (χ3n) is 2.50. The smallest absolute Gasteiger partial charge is 0.409 e. The standard InChI is InChI=1S/C9H13O2Si.C4H9O2Si/c1-8-6-4-5-7-9(8)12(10-2)11-3;1-3-4(2)7(5)6/h4-7H,1-3H3;3-6H,1H2,2H3. The fraction of sp³-hybridized carbons (Fsp3) is 0.385. The number of allylic oxidation sites excluding steroid dienone is 1. The Morgan fingerprint density at radius 3 is 2.05 bits per heavy atom. The molecule has 1 aromatic rings. The minimum absolute atomic E-state index is 0.120. The Hall–Kier alpha value is -0.766. The molecule has 0 fully saturated rings. The predicted octanol–water partition coefficient (Wildman–Crippen LogP) is 1.02. The van der Waals surface area contributed by atoms with Gasteiger partial charge in [0.05, 0.1) is 0 Å². The lowest BCUT2D eigenvalue weighted by Crippen LogP contribution is -2.36. The zero-order valence-corrected chi connectivity index (χ0v) is 13.9. The Bertz CT molecular complexity index is 367. The SMILES string of the molecule is C=CC(C)[Si](O)O.CO[Si](OC)c1ccccc1C. The normalized spacial score (nSPS) is 12.0. The quantitative estimate of drug-likeness (QED) is 0.629. The second-order valence-electron chi connectivity index (χ2n) is 3.89. The maximum atomic E-state index is 8.41. The van der Waals surface area contributed by atoms with Crippen molar-refractivity contribution in [1.29, 1.82) is 0 Å². The van der Waals surface area contributed by atoms with Gasteiger partial charge in [0, 0.05) is 19.8 Å². The van der Waals surface area contributed by atoms with Crippen LogP contribution in [-0.2, 0) is 8.85 Å². The topological polar surface area (TPSA) is 58.9 Å². The molecule has 2 N–H and O–H groups in total. The average molecular weight is 298 g/mol. The molecule has 0 spiro atoms. The molecular weight excluding hydrogens is 276 g/mol. The number of benzene rings is 1. The van der Waals surface area contributed by atoms with Crippen molar-refractivity contribution in [1.82, 2.24) is 0 Å². The molecule has 0 aliphatic heterocycles. The lowest BCUT2D eigenvalue weighted by atomic mass is 10.2. The Morgan fingerprint density at radius 1 is 1.21 bits per heavy atom. The van der Waals surface area contributed by atoms with E-state index in [1.165, 1.54) is 16.8 Å². The number of hydrogen-bond donors (Lipinski definition) is 2. The van der Waals surface area contributed by atoms with Gasteiger partial charge >= 0.3 is 18.6 Å². The summed E-state index contributed by atoms with van der Waals surface area (Å²) in [5, 5.41) is 1.19. The largest absolute Gasteiger partial charge is 0.423 e. The van der Waals surface area contributed by atoms with Crippen molar-refractivity contribution in [2.75, 3.05) is 14.2 Å². The lowest BCUT2D eigenvalue weighted by Gasteiger charge is -2.11. The number of aryl methyl sites for hydroxylation is 1. The zero-order chi connectivity index (χ0) is 14.8. The predicted molar refractivity (Wildman–Crippen MR) is 80.4 cm³/mol. The Balaban J connectivity index is 0.000000399. The van der Waals surface area contributed by atoms with Gasteiger partial charge in [-0.15, -0.1) is 6.58 Å². The summed E-state index contributed by atoms with van der Waals surface area (Å²) in [6, 6.07) is 8.14. The highest BCUT2D eigenvalue weighted by Crippen LogP contribution is 2.03. The maximum absolute atomic E-state index is 8.41. The van der Waals surface area contributed by atoms with E-state index in [0.29, 0.717) is 0 Å². The van der Waals surface area contributed by atoms with Crippen LogP contribution in [0.5, 0.6) is 0 Å². The van der Waals surface area contributed by atoms with Crippen LogP contribution in [0.4, 0.5) is 0 Å². The van der Waals surface area contributed by atoms with E-state index in [9.17, 15) is 0 Å². The molecule has 2 radical (unpaired) electrons. The highest BCUT2D eigenvalue weighted by Gasteiger charge is 2.16. The summed E-state index contributed by atoms with van der Waals surface area (Å²) in [6.07, 6.45) is 1.54. The van der Waals surface area contributed by atoms with Crippen LogP contribution in [0.2, 0.25) is 5.54 Å². The molecule has 4 nitrogen and oxygen atoms in total. The van der Waals surface area contributed by atoms with E-state index in [-0.39, 0.29) is 5.54 Å². The van der Waals surface area contributed by atoms with Crippen molar-refractivity contribution < 1.29 is 18.4 Å². The second kappa shape index (κ2) is 10.1. The van der Waals surface area contributed by atoms with E-state index in [1.807, 2.05) is 12.1 Å². The van der Waals surface area contributed by atoms with Crippen molar-refractivity contribution in [3.8, 4) is 0 Å². The molecule has 6 heteroatoms. The van der Waals surface area contributed by atoms with Crippen LogP contribution in [0, 0.1) is 6.92 Å². The highest BCUT2D eigenvalue weighted by molar-refractivity contribution is 6.61. The van der Waals surface area contributed by atoms with Gasteiger partial charge in [0.1, 0.15) is 0 Å². The first-order chi connectivity index (χ1) is 8.97. The monoisotopic (exact) mass is 298 g/mol. The number of hydrogen-bond acceptors (Lipinski definition) is 4. The molecule has 1 aromatic carbocycles. The van der Waals surface area contributed by atoms with Crippen LogP contribution in [0.3, 0.4) is 0 Å². The van der Waals surface area contributed by atoms with Gasteiger partial charge in [-0.05, 0) is 17.7 Å². The fourth-order valence-electron chi connectivity index (χ4n) is 1.21. The van der Waals surface area contributed by atoms with E-state index in [2.05, 4.69) is 25.6 Å². The molecule has 0 aliphatic carbocycles. The minimum Gasteiger partial charge on any atom is -0.409 e. The molecule has 106 valence electrons. The van der Waals surface area contributed by atoms with Crippen molar-refractivity contribution in [3.05, 3.63) is 42.5 Å². The fourth-order valence-corrected chi connectivity index (χ4v) is 2.67. The van der Waals surface area contributed by atoms with Crippen LogP contribution in [0.15, 0.2) is 36.9 Å². The summed E-state index contributed by atoms with van der Waals surface area (Å²) >= 11 is 0. The van der Waals surface area contributed by atoms with Crippen LogP contribution >= 0.6 is 0 Å². The summed E-state index contributed by atoms with van der Waals surface area (Å²) in [4.78, 5) is 16.8. The summed E-state index contributed by atoms with van der Waals surface area (Å²) in [5.74, 6) is 0. The molecule has 1 atom stereocenters. The molecule has 0 saturated carbocycles. The van der Waals surface area contributed by atoms with Crippen molar-refractivity contribution in [2.45, 2.75) is 19.4 Å². The van der Waals surface area contributed by atoms with Crippen molar-refractivity contribution in [3.63, 3.8) is 0 Å². The molecule has 19 heavy (non-hydrogen) atoms. The highest BCUT2D eigenvalue weighted by atomic mass is 28.3. The van der Waals surface area contributed by atoms with Gasteiger partial charge in [0.2, 0.25) is 0 Å². The van der Waals surface area contributed by atoms with E-state index in [0.717, 1.165) is 0 Å². The van der Waals surface area contributed by atoms with E-state index >= 15 is 0 Å². The molecule has 0 heterocycles. The second-order valence-corrected chi connectivity index (χ2v) is 7.45. The van der Waals surface area contributed by atoms with Crippen LogP contribution < -0.4 is 5.19 Å². The third-order valence-corrected chi connectivity index (χ3v) is 5.29. The first-order valence-corrected chi connectivity index (χ1v) is 8.65. The third kappa shape index (κ3) is 6.81. The van der Waals surface area contributed by atoms with Gasteiger partial charge < -0.3 is 18.4 Å². The first-order valence-electron chi connectivity index (χ1n) is 5.86. The molecule has 1 rings (SSSR count). The molecule has 0 aliphatic rings. The Morgan fingerprint density at radius 2 is 1.74 bits per heavy atom. The first kappa shape index (κ1) is 18.2. The van der Waals surface area contributed by atoms with Crippen molar-refractivity contribution in [2.24, 2.45) is 0 Å². The van der Waals surface area contributed by atoms with E-state index in [1.54, 1.807) is 21.1 Å². The summed E-state index contributed by atoms with van der Waals surface area (Å²) < 4.78 is 10.5. The van der Waals surface area contributed by atoms with Gasteiger partial charge in [-0.25, -0.2) is 0 Å². The summed E-state index contributed by atoms with van der Waals surface area (Å²) in [7, 11) is 0.0573. The van der Waals surface area contributed by atoms with Gasteiger partial charge in [0.15, 0.2) is 0 Å².